The molecule has 1 heterocycles. The number of benzene rings is 1. The molecular formula is C17H24N2O3. The van der Waals surface area contributed by atoms with Crippen LogP contribution in [0.15, 0.2) is 18.2 Å². The molecule has 1 aromatic carbocycles. The van der Waals surface area contributed by atoms with E-state index in [1.807, 2.05) is 45.9 Å². The maximum atomic E-state index is 12.3. The van der Waals surface area contributed by atoms with E-state index in [9.17, 15) is 9.59 Å². The molecule has 1 aliphatic heterocycles. The van der Waals surface area contributed by atoms with Gasteiger partial charge in [-0.1, -0.05) is 6.07 Å². The average molecular weight is 304 g/mol. The number of aryl methyl sites for hydroxylation is 1. The molecule has 1 atom stereocenters. The van der Waals surface area contributed by atoms with E-state index in [0.717, 1.165) is 11.3 Å². The van der Waals surface area contributed by atoms with Gasteiger partial charge in [0.15, 0.2) is 0 Å². The summed E-state index contributed by atoms with van der Waals surface area (Å²) in [7, 11) is 1.58. The largest absolute Gasteiger partial charge is 0.495 e. The summed E-state index contributed by atoms with van der Waals surface area (Å²) >= 11 is 0. The lowest BCUT2D eigenvalue weighted by molar-refractivity contribution is -0.127. The number of methoxy groups -OCH3 is 1. The van der Waals surface area contributed by atoms with Crippen molar-refractivity contribution in [3.63, 3.8) is 0 Å². The quantitative estimate of drug-likeness (QED) is 0.932. The van der Waals surface area contributed by atoms with Crippen molar-refractivity contribution in [2.45, 2.75) is 39.7 Å². The fourth-order valence-corrected chi connectivity index (χ4v) is 2.60. The zero-order valence-electron chi connectivity index (χ0n) is 13.9. The number of amides is 2. The Hall–Kier alpha value is -2.04. The Morgan fingerprint density at radius 3 is 2.64 bits per heavy atom. The summed E-state index contributed by atoms with van der Waals surface area (Å²) in [6, 6.07) is 5.70. The van der Waals surface area contributed by atoms with Gasteiger partial charge in [-0.3, -0.25) is 9.59 Å². The van der Waals surface area contributed by atoms with Gasteiger partial charge in [0.2, 0.25) is 11.8 Å². The molecule has 1 fully saturated rings. The third-order valence-corrected chi connectivity index (χ3v) is 3.62. The molecule has 1 aromatic rings. The Bertz CT molecular complexity index is 590. The van der Waals surface area contributed by atoms with Gasteiger partial charge in [-0.15, -0.1) is 0 Å². The number of ether oxygens (including phenoxy) is 1. The van der Waals surface area contributed by atoms with E-state index in [1.54, 1.807) is 12.0 Å². The monoisotopic (exact) mass is 304 g/mol. The summed E-state index contributed by atoms with van der Waals surface area (Å²) in [5.41, 5.74) is 1.49. The fraction of sp³-hybridized carbons (Fsp3) is 0.529. The van der Waals surface area contributed by atoms with Crippen molar-refractivity contribution >= 4 is 17.5 Å². The molecular weight excluding hydrogens is 280 g/mol. The molecule has 5 nitrogen and oxygen atoms in total. The number of hydrogen-bond acceptors (Lipinski definition) is 3. The molecule has 2 amide bonds. The minimum atomic E-state index is -0.322. The van der Waals surface area contributed by atoms with Crippen LogP contribution in [0.25, 0.3) is 0 Å². The summed E-state index contributed by atoms with van der Waals surface area (Å²) in [5, 5.41) is 2.94. The molecule has 1 aliphatic rings. The lowest BCUT2D eigenvalue weighted by Crippen LogP contribution is -2.44. The zero-order valence-corrected chi connectivity index (χ0v) is 13.9. The Morgan fingerprint density at radius 2 is 2.05 bits per heavy atom. The molecule has 0 spiro atoms. The minimum Gasteiger partial charge on any atom is -0.495 e. The van der Waals surface area contributed by atoms with Crippen LogP contribution in [0.3, 0.4) is 0 Å². The average Bonchev–Trinajstić information content (AvgIpc) is 2.79. The molecule has 1 saturated heterocycles. The molecule has 0 radical (unpaired) electrons. The summed E-state index contributed by atoms with van der Waals surface area (Å²) in [6.07, 6.45) is 0.235. The first-order valence-corrected chi connectivity index (χ1v) is 7.48. The van der Waals surface area contributed by atoms with E-state index in [2.05, 4.69) is 5.32 Å². The van der Waals surface area contributed by atoms with Crippen LogP contribution in [0.5, 0.6) is 5.75 Å². The predicted octanol–water partition coefficient (Wildman–Crippen LogP) is 2.27. The molecule has 0 unspecified atom stereocenters. The molecule has 0 aromatic heterocycles. The number of hydrogen-bond donors (Lipinski definition) is 1. The van der Waals surface area contributed by atoms with Crippen LogP contribution in [-0.2, 0) is 9.59 Å². The highest BCUT2D eigenvalue weighted by molar-refractivity contribution is 6.01. The summed E-state index contributed by atoms with van der Waals surface area (Å²) in [4.78, 5) is 26.3. The van der Waals surface area contributed by atoms with E-state index in [1.165, 1.54) is 0 Å². The normalized spacial score (nSPS) is 18.5. The van der Waals surface area contributed by atoms with Gasteiger partial charge in [0.25, 0.3) is 0 Å². The van der Waals surface area contributed by atoms with Gasteiger partial charge in [0.1, 0.15) is 5.75 Å². The predicted molar refractivity (Wildman–Crippen MR) is 86.1 cm³/mol. The van der Waals surface area contributed by atoms with E-state index in [4.69, 9.17) is 4.74 Å². The first kappa shape index (κ1) is 16.3. The van der Waals surface area contributed by atoms with Gasteiger partial charge in [0.05, 0.1) is 18.7 Å². The van der Waals surface area contributed by atoms with Crippen molar-refractivity contribution in [1.82, 2.24) is 5.32 Å². The second-order valence-corrected chi connectivity index (χ2v) is 6.82. The number of anilines is 1. The van der Waals surface area contributed by atoms with Crippen LogP contribution in [0.2, 0.25) is 0 Å². The van der Waals surface area contributed by atoms with Crippen molar-refractivity contribution in [3.05, 3.63) is 23.8 Å². The highest BCUT2D eigenvalue weighted by Crippen LogP contribution is 2.34. The molecule has 0 aliphatic carbocycles. The highest BCUT2D eigenvalue weighted by Gasteiger charge is 2.37. The van der Waals surface area contributed by atoms with Crippen LogP contribution in [0, 0.1) is 12.8 Å². The van der Waals surface area contributed by atoms with Crippen molar-refractivity contribution < 1.29 is 14.3 Å². The minimum absolute atomic E-state index is 0.0436. The first-order valence-electron chi connectivity index (χ1n) is 7.48. The van der Waals surface area contributed by atoms with E-state index < -0.39 is 0 Å². The number of nitrogens with one attached hydrogen (secondary N) is 1. The van der Waals surface area contributed by atoms with Crippen molar-refractivity contribution in [2.75, 3.05) is 18.6 Å². The van der Waals surface area contributed by atoms with Gasteiger partial charge in [-0.2, -0.15) is 0 Å². The summed E-state index contributed by atoms with van der Waals surface area (Å²) in [6.45, 7) is 8.16. The third-order valence-electron chi connectivity index (χ3n) is 3.62. The zero-order chi connectivity index (χ0) is 16.5. The van der Waals surface area contributed by atoms with Crippen molar-refractivity contribution in [2.24, 2.45) is 5.92 Å². The lowest BCUT2D eigenvalue weighted by atomic mass is 10.0. The Morgan fingerprint density at radius 1 is 1.36 bits per heavy atom. The maximum absolute atomic E-state index is 12.3. The van der Waals surface area contributed by atoms with Crippen molar-refractivity contribution in [1.29, 1.82) is 0 Å². The standard InChI is InChI=1S/C17H24N2O3/c1-11-6-7-14(22-5)13(8-11)19-10-12(9-15(19)20)16(21)18-17(2,3)4/h6-8,12H,9-10H2,1-5H3,(H,18,21)/t12-/m0/s1. The van der Waals surface area contributed by atoms with Crippen LogP contribution in [-0.4, -0.2) is 31.0 Å². The Kier molecular flexibility index (Phi) is 4.44. The van der Waals surface area contributed by atoms with E-state index in [0.29, 0.717) is 12.3 Å². The number of rotatable bonds is 3. The van der Waals surface area contributed by atoms with Gasteiger partial charge >= 0.3 is 0 Å². The smallest absolute Gasteiger partial charge is 0.227 e. The third kappa shape index (κ3) is 3.59. The molecule has 120 valence electrons. The highest BCUT2D eigenvalue weighted by atomic mass is 16.5. The topological polar surface area (TPSA) is 58.6 Å². The molecule has 22 heavy (non-hydrogen) atoms. The second-order valence-electron chi connectivity index (χ2n) is 6.82. The van der Waals surface area contributed by atoms with Gasteiger partial charge < -0.3 is 15.0 Å². The lowest BCUT2D eigenvalue weighted by Gasteiger charge is -2.23. The first-order chi connectivity index (χ1) is 10.2. The van der Waals surface area contributed by atoms with Crippen molar-refractivity contribution in [3.8, 4) is 5.75 Å². The Balaban J connectivity index is 2.20. The molecule has 0 bridgehead atoms. The molecule has 5 heteroatoms. The second kappa shape index (κ2) is 5.99. The fourth-order valence-electron chi connectivity index (χ4n) is 2.60. The van der Waals surface area contributed by atoms with Gasteiger partial charge in [-0.05, 0) is 45.4 Å². The van der Waals surface area contributed by atoms with E-state index in [-0.39, 0.29) is 29.7 Å². The number of carbonyl (C=O) groups excluding carboxylic acids is 2. The molecule has 2 rings (SSSR count). The SMILES string of the molecule is COc1ccc(C)cc1N1C[C@@H](C(=O)NC(C)(C)C)CC1=O. The van der Waals surface area contributed by atoms with Crippen LogP contribution < -0.4 is 15.0 Å². The van der Waals surface area contributed by atoms with E-state index >= 15 is 0 Å². The molecule has 1 N–H and O–H groups in total. The van der Waals surface area contributed by atoms with Crippen LogP contribution >= 0.6 is 0 Å². The number of carbonyl (C=O) groups is 2. The van der Waals surface area contributed by atoms with Gasteiger partial charge in [-0.25, -0.2) is 0 Å². The van der Waals surface area contributed by atoms with Crippen LogP contribution in [0.4, 0.5) is 5.69 Å². The number of nitrogens with zero attached hydrogens (tertiary/aromatic N) is 1. The summed E-state index contributed by atoms with van der Waals surface area (Å²) in [5.74, 6) is 0.209. The maximum Gasteiger partial charge on any atom is 0.227 e. The Labute approximate surface area is 131 Å². The van der Waals surface area contributed by atoms with Crippen LogP contribution in [0.1, 0.15) is 32.8 Å². The molecule has 0 saturated carbocycles. The summed E-state index contributed by atoms with van der Waals surface area (Å²) < 4.78 is 5.34. The van der Waals surface area contributed by atoms with Gasteiger partial charge in [0, 0.05) is 18.5 Å².